The third kappa shape index (κ3) is 5.48. The van der Waals surface area contributed by atoms with Gasteiger partial charge >= 0.3 is 12.1 Å². The number of ether oxygens (including phenoxy) is 1. The topological polar surface area (TPSA) is 74.7 Å². The summed E-state index contributed by atoms with van der Waals surface area (Å²) in [5.41, 5.74) is 3.78. The van der Waals surface area contributed by atoms with Crippen LogP contribution in [0.25, 0.3) is 11.1 Å². The standard InChI is InChI=1S/C25H24F3N3O3/c1-31-11-9-17-12-16(20-4-2-3-5-22(20)34-15-25(26,27)28)6-7-19(17)21(31)14-30-23-13-18(24(32)33)8-10-29-23/h2-8,10,12-13,21H,9,11,14-15H2,1H3,(H,29,30)(H,32,33). The van der Waals surface area contributed by atoms with Gasteiger partial charge in [-0.3, -0.25) is 4.90 Å². The molecule has 6 nitrogen and oxygen atoms in total. The summed E-state index contributed by atoms with van der Waals surface area (Å²) in [5.74, 6) is -0.347. The van der Waals surface area contributed by atoms with Crippen molar-refractivity contribution in [1.82, 2.24) is 9.88 Å². The SMILES string of the molecule is CN1CCc2cc(-c3ccccc3OCC(F)(F)F)ccc2C1CNc1cc(C(=O)O)ccn1. The molecular weight excluding hydrogens is 447 g/mol. The van der Waals surface area contributed by atoms with Crippen molar-refractivity contribution in [3.05, 3.63) is 77.5 Å². The van der Waals surface area contributed by atoms with E-state index in [0.717, 1.165) is 29.7 Å². The molecule has 1 aromatic heterocycles. The van der Waals surface area contributed by atoms with E-state index in [0.29, 0.717) is 17.9 Å². The quantitative estimate of drug-likeness (QED) is 0.504. The molecule has 0 aliphatic carbocycles. The maximum atomic E-state index is 12.7. The Bertz CT molecular complexity index is 1180. The molecule has 178 valence electrons. The first-order chi connectivity index (χ1) is 16.2. The smallest absolute Gasteiger partial charge is 0.422 e. The van der Waals surface area contributed by atoms with Crippen LogP contribution in [0.1, 0.15) is 27.5 Å². The molecule has 34 heavy (non-hydrogen) atoms. The Labute approximate surface area is 195 Å². The number of hydrogen-bond acceptors (Lipinski definition) is 5. The molecule has 2 aromatic carbocycles. The van der Waals surface area contributed by atoms with Gasteiger partial charge in [-0.25, -0.2) is 9.78 Å². The number of nitrogens with one attached hydrogen (secondary N) is 1. The number of likely N-dealkylation sites (N-methyl/N-ethyl adjacent to an activating group) is 1. The van der Waals surface area contributed by atoms with Gasteiger partial charge in [0.15, 0.2) is 6.61 Å². The number of pyridine rings is 1. The third-order valence-electron chi connectivity index (χ3n) is 5.84. The van der Waals surface area contributed by atoms with E-state index in [9.17, 15) is 23.1 Å². The van der Waals surface area contributed by atoms with Crippen molar-refractivity contribution in [2.24, 2.45) is 0 Å². The number of carboxylic acid groups (broad SMARTS) is 1. The van der Waals surface area contributed by atoms with Gasteiger partial charge in [0.25, 0.3) is 0 Å². The molecule has 1 aliphatic rings. The number of aromatic nitrogens is 1. The van der Waals surface area contributed by atoms with E-state index in [1.54, 1.807) is 24.3 Å². The zero-order valence-corrected chi connectivity index (χ0v) is 18.5. The fourth-order valence-corrected chi connectivity index (χ4v) is 4.12. The Balaban J connectivity index is 1.56. The van der Waals surface area contributed by atoms with Crippen LogP contribution in [-0.2, 0) is 6.42 Å². The van der Waals surface area contributed by atoms with Gasteiger partial charge in [0.05, 0.1) is 11.6 Å². The molecule has 0 fully saturated rings. The molecular formula is C25H24F3N3O3. The summed E-state index contributed by atoms with van der Waals surface area (Å²) in [7, 11) is 2.02. The highest BCUT2D eigenvalue weighted by Gasteiger charge is 2.29. The number of rotatable bonds is 7. The number of para-hydroxylation sites is 1. The van der Waals surface area contributed by atoms with Crippen LogP contribution in [0.3, 0.4) is 0 Å². The lowest BCUT2D eigenvalue weighted by Gasteiger charge is -2.35. The van der Waals surface area contributed by atoms with E-state index >= 15 is 0 Å². The number of fused-ring (bicyclic) bond motifs is 1. The van der Waals surface area contributed by atoms with Crippen molar-refractivity contribution in [2.45, 2.75) is 18.6 Å². The zero-order chi connectivity index (χ0) is 24.3. The van der Waals surface area contributed by atoms with Crippen LogP contribution in [0.5, 0.6) is 5.75 Å². The van der Waals surface area contributed by atoms with Crippen LogP contribution in [-0.4, -0.2) is 53.9 Å². The van der Waals surface area contributed by atoms with Crippen molar-refractivity contribution in [3.8, 4) is 16.9 Å². The number of halogens is 3. The van der Waals surface area contributed by atoms with Crippen molar-refractivity contribution < 1.29 is 27.8 Å². The summed E-state index contributed by atoms with van der Waals surface area (Å²) in [6.45, 7) is -0.0214. The predicted octanol–water partition coefficient (Wildman–Crippen LogP) is 5.03. The molecule has 0 amide bonds. The molecule has 0 spiro atoms. The van der Waals surface area contributed by atoms with E-state index in [1.165, 1.54) is 18.3 Å². The summed E-state index contributed by atoms with van der Waals surface area (Å²) in [6.07, 6.45) is -2.16. The first kappa shape index (κ1) is 23.6. The minimum atomic E-state index is -4.41. The monoisotopic (exact) mass is 471 g/mol. The van der Waals surface area contributed by atoms with E-state index in [4.69, 9.17) is 4.74 Å². The molecule has 3 aromatic rings. The largest absolute Gasteiger partial charge is 0.483 e. The lowest BCUT2D eigenvalue weighted by molar-refractivity contribution is -0.153. The summed E-state index contributed by atoms with van der Waals surface area (Å²) in [5, 5.41) is 12.4. The van der Waals surface area contributed by atoms with Crippen LogP contribution >= 0.6 is 0 Å². The van der Waals surface area contributed by atoms with Crippen LogP contribution in [0.15, 0.2) is 60.8 Å². The van der Waals surface area contributed by atoms with Gasteiger partial charge in [-0.05, 0) is 48.4 Å². The maximum absolute atomic E-state index is 12.7. The first-order valence-corrected chi connectivity index (χ1v) is 10.8. The number of carbonyl (C=O) groups is 1. The highest BCUT2D eigenvalue weighted by molar-refractivity contribution is 5.88. The zero-order valence-electron chi connectivity index (χ0n) is 18.5. The number of benzene rings is 2. The molecule has 1 unspecified atom stereocenters. The van der Waals surface area contributed by atoms with Crippen LogP contribution in [0.4, 0.5) is 19.0 Å². The van der Waals surface area contributed by atoms with E-state index in [1.807, 2.05) is 25.2 Å². The summed E-state index contributed by atoms with van der Waals surface area (Å²) in [4.78, 5) is 17.6. The van der Waals surface area contributed by atoms with Gasteiger partial charge in [0, 0.05) is 24.8 Å². The van der Waals surface area contributed by atoms with Gasteiger partial charge in [-0.15, -0.1) is 0 Å². The van der Waals surface area contributed by atoms with E-state index in [2.05, 4.69) is 15.2 Å². The molecule has 0 radical (unpaired) electrons. The lowest BCUT2D eigenvalue weighted by atomic mass is 9.89. The van der Waals surface area contributed by atoms with Crippen molar-refractivity contribution >= 4 is 11.8 Å². The molecule has 1 atom stereocenters. The Morgan fingerprint density at radius 2 is 2.00 bits per heavy atom. The average molecular weight is 471 g/mol. The fraction of sp³-hybridized carbons (Fsp3) is 0.280. The second-order valence-corrected chi connectivity index (χ2v) is 8.18. The number of hydrogen-bond donors (Lipinski definition) is 2. The molecule has 1 aliphatic heterocycles. The second-order valence-electron chi connectivity index (χ2n) is 8.18. The van der Waals surface area contributed by atoms with Gasteiger partial charge < -0.3 is 15.2 Å². The lowest BCUT2D eigenvalue weighted by Crippen LogP contribution is -2.36. The molecule has 0 saturated carbocycles. The summed E-state index contributed by atoms with van der Waals surface area (Å²) < 4.78 is 43.1. The Morgan fingerprint density at radius 3 is 2.76 bits per heavy atom. The number of carboxylic acids is 1. The molecule has 0 saturated heterocycles. The summed E-state index contributed by atoms with van der Waals surface area (Å²) in [6, 6.07) is 15.6. The van der Waals surface area contributed by atoms with Gasteiger partial charge in [0.1, 0.15) is 11.6 Å². The Kier molecular flexibility index (Phi) is 6.74. The van der Waals surface area contributed by atoms with Crippen LogP contribution < -0.4 is 10.1 Å². The molecule has 0 bridgehead atoms. The first-order valence-electron chi connectivity index (χ1n) is 10.8. The van der Waals surface area contributed by atoms with Crippen molar-refractivity contribution in [1.29, 1.82) is 0 Å². The highest BCUT2D eigenvalue weighted by Crippen LogP contribution is 2.36. The van der Waals surface area contributed by atoms with E-state index in [-0.39, 0.29) is 17.4 Å². The molecule has 2 heterocycles. The number of anilines is 1. The molecule has 2 N–H and O–H groups in total. The van der Waals surface area contributed by atoms with Crippen LogP contribution in [0, 0.1) is 0 Å². The minimum absolute atomic E-state index is 0.0183. The fourth-order valence-electron chi connectivity index (χ4n) is 4.12. The Morgan fingerprint density at radius 1 is 1.21 bits per heavy atom. The number of nitrogens with zero attached hydrogens (tertiary/aromatic N) is 2. The Hall–Kier alpha value is -3.59. The minimum Gasteiger partial charge on any atom is -0.483 e. The van der Waals surface area contributed by atoms with Crippen molar-refractivity contribution in [2.75, 3.05) is 32.1 Å². The predicted molar refractivity (Wildman–Crippen MR) is 122 cm³/mol. The van der Waals surface area contributed by atoms with Gasteiger partial charge in [-0.2, -0.15) is 13.2 Å². The van der Waals surface area contributed by atoms with Crippen LogP contribution in [0.2, 0.25) is 0 Å². The highest BCUT2D eigenvalue weighted by atomic mass is 19.4. The maximum Gasteiger partial charge on any atom is 0.422 e. The van der Waals surface area contributed by atoms with Crippen molar-refractivity contribution in [3.63, 3.8) is 0 Å². The van der Waals surface area contributed by atoms with Gasteiger partial charge in [-0.1, -0.05) is 36.4 Å². The molecule has 9 heteroatoms. The molecule has 4 rings (SSSR count). The third-order valence-corrected chi connectivity index (χ3v) is 5.84. The summed E-state index contributed by atoms with van der Waals surface area (Å²) >= 11 is 0. The van der Waals surface area contributed by atoms with Gasteiger partial charge in [0.2, 0.25) is 0 Å². The average Bonchev–Trinajstić information content (AvgIpc) is 2.82. The van der Waals surface area contributed by atoms with E-state index < -0.39 is 18.8 Å². The normalized spacial score (nSPS) is 16.1. The second kappa shape index (κ2) is 9.72. The number of alkyl halides is 3. The number of aromatic carboxylic acids is 1.